The highest BCUT2D eigenvalue weighted by Crippen LogP contribution is 2.22. The van der Waals surface area contributed by atoms with Gasteiger partial charge in [0.2, 0.25) is 0 Å². The number of nitrogens with two attached hydrogens (primary N) is 1. The Balaban J connectivity index is 2.14. The van der Waals surface area contributed by atoms with E-state index >= 15 is 0 Å². The minimum atomic E-state index is -0.206. The highest BCUT2D eigenvalue weighted by molar-refractivity contribution is 6.05. The number of ketones is 1. The lowest BCUT2D eigenvalue weighted by atomic mass is 9.87. The van der Waals surface area contributed by atoms with Crippen LogP contribution in [0.5, 0.6) is 0 Å². The molecular weight excluding hydrogens is 288 g/mol. The van der Waals surface area contributed by atoms with Gasteiger partial charge in [-0.05, 0) is 35.2 Å². The van der Waals surface area contributed by atoms with Crippen LogP contribution < -0.4 is 11.1 Å². The van der Waals surface area contributed by atoms with Crippen LogP contribution in [-0.4, -0.2) is 18.2 Å². The Kier molecular flexibility index (Phi) is 4.96. The molecule has 0 aromatic heterocycles. The fourth-order valence-electron chi connectivity index (χ4n) is 2.21. The molecule has 0 aliphatic carbocycles. The lowest BCUT2D eigenvalue weighted by molar-refractivity contribution is 0.0997. The fraction of sp³-hybridized carbons (Fsp3) is 0.263. The summed E-state index contributed by atoms with van der Waals surface area (Å²) in [5, 5.41) is 2.80. The van der Waals surface area contributed by atoms with Gasteiger partial charge in [-0.2, -0.15) is 0 Å². The maximum atomic E-state index is 12.3. The number of carbonyl (C=O) groups is 2. The van der Waals surface area contributed by atoms with E-state index in [9.17, 15) is 9.59 Å². The zero-order valence-corrected chi connectivity index (χ0v) is 13.7. The second-order valence-corrected chi connectivity index (χ2v) is 6.49. The number of rotatable bonds is 4. The highest BCUT2D eigenvalue weighted by atomic mass is 16.1. The topological polar surface area (TPSA) is 72.2 Å². The zero-order valence-electron chi connectivity index (χ0n) is 13.7. The van der Waals surface area contributed by atoms with Gasteiger partial charge in [0.25, 0.3) is 5.91 Å². The van der Waals surface area contributed by atoms with Crippen molar-refractivity contribution in [2.75, 3.05) is 11.9 Å². The van der Waals surface area contributed by atoms with Gasteiger partial charge in [-0.15, -0.1) is 0 Å². The van der Waals surface area contributed by atoms with Gasteiger partial charge in [0.05, 0.1) is 6.54 Å². The zero-order chi connectivity index (χ0) is 17.0. The third-order valence-electron chi connectivity index (χ3n) is 3.64. The molecule has 0 aliphatic heterocycles. The summed E-state index contributed by atoms with van der Waals surface area (Å²) in [6, 6.07) is 14.3. The molecule has 0 bridgehead atoms. The summed E-state index contributed by atoms with van der Waals surface area (Å²) in [5.41, 5.74) is 8.23. The Morgan fingerprint density at radius 3 is 2.22 bits per heavy atom. The number of anilines is 1. The molecule has 0 aliphatic rings. The second-order valence-electron chi connectivity index (χ2n) is 6.49. The number of amides is 1. The maximum absolute atomic E-state index is 12.3. The van der Waals surface area contributed by atoms with Crippen molar-refractivity contribution in [2.24, 2.45) is 5.73 Å². The summed E-state index contributed by atoms with van der Waals surface area (Å²) in [6.07, 6.45) is 0. The predicted octanol–water partition coefficient (Wildman–Crippen LogP) is 3.38. The molecule has 2 aromatic carbocycles. The average molecular weight is 310 g/mol. The van der Waals surface area contributed by atoms with Crippen molar-refractivity contribution >= 4 is 17.4 Å². The number of nitrogens with one attached hydrogen (secondary N) is 1. The molecule has 120 valence electrons. The SMILES string of the molecule is CC(C)(C)c1ccc(C(=O)Nc2cccc(C(=O)CN)c2)cc1. The van der Waals surface area contributed by atoms with Gasteiger partial charge >= 0.3 is 0 Å². The van der Waals surface area contributed by atoms with Crippen LogP contribution in [0.25, 0.3) is 0 Å². The monoisotopic (exact) mass is 310 g/mol. The van der Waals surface area contributed by atoms with Crippen molar-refractivity contribution in [1.82, 2.24) is 0 Å². The largest absolute Gasteiger partial charge is 0.324 e. The Bertz CT molecular complexity index is 713. The Hall–Kier alpha value is -2.46. The van der Waals surface area contributed by atoms with E-state index in [4.69, 9.17) is 5.73 Å². The first-order chi connectivity index (χ1) is 10.8. The van der Waals surface area contributed by atoms with Crippen molar-refractivity contribution in [3.05, 3.63) is 65.2 Å². The van der Waals surface area contributed by atoms with Crippen molar-refractivity contribution in [1.29, 1.82) is 0 Å². The van der Waals surface area contributed by atoms with E-state index in [2.05, 4.69) is 26.1 Å². The van der Waals surface area contributed by atoms with Gasteiger partial charge in [-0.3, -0.25) is 9.59 Å². The highest BCUT2D eigenvalue weighted by Gasteiger charge is 2.14. The molecule has 2 rings (SSSR count). The summed E-state index contributed by atoms with van der Waals surface area (Å²) in [4.78, 5) is 23.9. The average Bonchev–Trinajstić information content (AvgIpc) is 2.53. The summed E-state index contributed by atoms with van der Waals surface area (Å²) < 4.78 is 0. The molecule has 0 unspecified atom stereocenters. The molecule has 1 amide bonds. The lowest BCUT2D eigenvalue weighted by Gasteiger charge is -2.19. The molecule has 0 saturated carbocycles. The van der Waals surface area contributed by atoms with Crippen molar-refractivity contribution in [2.45, 2.75) is 26.2 Å². The van der Waals surface area contributed by atoms with Crippen molar-refractivity contribution in [3.63, 3.8) is 0 Å². The van der Waals surface area contributed by atoms with E-state index in [1.165, 1.54) is 5.56 Å². The number of Topliss-reactive ketones (excluding diaryl/α,β-unsaturated/α-hetero) is 1. The minimum Gasteiger partial charge on any atom is -0.324 e. The van der Waals surface area contributed by atoms with Crippen molar-refractivity contribution in [3.8, 4) is 0 Å². The van der Waals surface area contributed by atoms with Gasteiger partial charge in [0.1, 0.15) is 0 Å². The third kappa shape index (κ3) is 4.27. The Morgan fingerprint density at radius 1 is 1.00 bits per heavy atom. The smallest absolute Gasteiger partial charge is 0.255 e. The first kappa shape index (κ1) is 16.9. The van der Waals surface area contributed by atoms with E-state index < -0.39 is 0 Å². The van der Waals surface area contributed by atoms with E-state index in [1.54, 1.807) is 24.3 Å². The van der Waals surface area contributed by atoms with Gasteiger partial charge in [0, 0.05) is 16.8 Å². The van der Waals surface area contributed by atoms with Crippen LogP contribution >= 0.6 is 0 Å². The fourth-order valence-corrected chi connectivity index (χ4v) is 2.21. The first-order valence-electron chi connectivity index (χ1n) is 7.56. The Morgan fingerprint density at radius 2 is 1.65 bits per heavy atom. The molecule has 0 spiro atoms. The van der Waals surface area contributed by atoms with Crippen LogP contribution in [0, 0.1) is 0 Å². The van der Waals surface area contributed by atoms with E-state index in [1.807, 2.05) is 24.3 Å². The summed E-state index contributed by atoms with van der Waals surface area (Å²) >= 11 is 0. The first-order valence-corrected chi connectivity index (χ1v) is 7.56. The standard InChI is InChI=1S/C19H22N2O2/c1-19(2,3)15-9-7-13(8-10-15)18(23)21-16-6-4-5-14(11-16)17(22)12-20/h4-11H,12,20H2,1-3H3,(H,21,23). The molecule has 0 heterocycles. The molecule has 3 N–H and O–H groups in total. The molecular formula is C19H22N2O2. The quantitative estimate of drug-likeness (QED) is 0.850. The molecule has 4 nitrogen and oxygen atoms in total. The molecule has 0 atom stereocenters. The van der Waals surface area contributed by atoms with E-state index in [0.29, 0.717) is 16.8 Å². The molecule has 23 heavy (non-hydrogen) atoms. The van der Waals surface area contributed by atoms with Crippen LogP contribution in [0.4, 0.5) is 5.69 Å². The number of hydrogen-bond donors (Lipinski definition) is 2. The third-order valence-corrected chi connectivity index (χ3v) is 3.64. The molecule has 0 radical (unpaired) electrons. The van der Waals surface area contributed by atoms with E-state index in [-0.39, 0.29) is 23.7 Å². The molecule has 2 aromatic rings. The van der Waals surface area contributed by atoms with Gasteiger partial charge in [-0.25, -0.2) is 0 Å². The minimum absolute atomic E-state index is 0.0475. The van der Waals surface area contributed by atoms with Gasteiger partial charge < -0.3 is 11.1 Å². The normalized spacial score (nSPS) is 11.1. The van der Waals surface area contributed by atoms with Gasteiger partial charge in [-0.1, -0.05) is 45.0 Å². The van der Waals surface area contributed by atoms with Crippen LogP contribution in [-0.2, 0) is 5.41 Å². The Labute approximate surface area is 136 Å². The number of hydrogen-bond acceptors (Lipinski definition) is 3. The summed E-state index contributed by atoms with van der Waals surface area (Å²) in [7, 11) is 0. The van der Waals surface area contributed by atoms with Crippen molar-refractivity contribution < 1.29 is 9.59 Å². The second kappa shape index (κ2) is 6.75. The van der Waals surface area contributed by atoms with E-state index in [0.717, 1.165) is 0 Å². The van der Waals surface area contributed by atoms with Gasteiger partial charge in [0.15, 0.2) is 5.78 Å². The molecule has 4 heteroatoms. The van der Waals surface area contributed by atoms with Crippen LogP contribution in [0.2, 0.25) is 0 Å². The number of benzene rings is 2. The molecule has 0 saturated heterocycles. The molecule has 0 fully saturated rings. The predicted molar refractivity (Wildman–Crippen MR) is 92.9 cm³/mol. The summed E-state index contributed by atoms with van der Waals surface area (Å²) in [5.74, 6) is -0.363. The van der Waals surface area contributed by atoms with Crippen LogP contribution in [0.1, 0.15) is 47.1 Å². The lowest BCUT2D eigenvalue weighted by Crippen LogP contribution is -2.16. The summed E-state index contributed by atoms with van der Waals surface area (Å²) in [6.45, 7) is 6.33. The van der Waals surface area contributed by atoms with Crippen LogP contribution in [0.3, 0.4) is 0 Å². The maximum Gasteiger partial charge on any atom is 0.255 e. The van der Waals surface area contributed by atoms with Crippen LogP contribution in [0.15, 0.2) is 48.5 Å². The number of carbonyl (C=O) groups excluding carboxylic acids is 2.